The van der Waals surface area contributed by atoms with Crippen molar-refractivity contribution in [2.75, 3.05) is 6.61 Å². The van der Waals surface area contributed by atoms with Gasteiger partial charge in [-0.15, -0.1) is 0 Å². The van der Waals surface area contributed by atoms with E-state index >= 15 is 0 Å². The number of esters is 1. The van der Waals surface area contributed by atoms with Crippen LogP contribution in [-0.4, -0.2) is 22.4 Å². The second-order valence-corrected chi connectivity index (χ2v) is 3.99. The quantitative estimate of drug-likeness (QED) is 0.765. The molecule has 1 heterocycles. The molecule has 0 unspecified atom stereocenters. The van der Waals surface area contributed by atoms with Crippen LogP contribution in [-0.2, 0) is 4.74 Å². The monoisotopic (exact) mass is 244 g/mol. The summed E-state index contributed by atoms with van der Waals surface area (Å²) in [6.07, 6.45) is 1.16. The van der Waals surface area contributed by atoms with Gasteiger partial charge in [0.25, 0.3) is 6.43 Å². The average molecular weight is 244 g/mol. The van der Waals surface area contributed by atoms with Crippen LogP contribution in [0.4, 0.5) is 8.78 Å². The maximum atomic E-state index is 13.0. The molecule has 0 amide bonds. The maximum absolute atomic E-state index is 13.0. The molecule has 0 radical (unpaired) electrons. The molecule has 1 aliphatic rings. The van der Waals surface area contributed by atoms with E-state index < -0.39 is 12.4 Å². The van der Waals surface area contributed by atoms with Crippen LogP contribution in [0.5, 0.6) is 0 Å². The predicted octanol–water partition coefficient (Wildman–Crippen LogP) is 2.72. The third kappa shape index (κ3) is 2.16. The molecule has 0 atom stereocenters. The highest BCUT2D eigenvalue weighted by Crippen LogP contribution is 2.35. The van der Waals surface area contributed by atoms with Gasteiger partial charge in [0.15, 0.2) is 0 Å². The molecule has 0 spiro atoms. The van der Waals surface area contributed by atoms with Crippen molar-refractivity contribution in [2.24, 2.45) is 0 Å². The molecule has 1 aromatic rings. The van der Waals surface area contributed by atoms with Gasteiger partial charge in [0, 0.05) is 0 Å². The molecule has 6 heteroatoms. The molecule has 1 aliphatic carbocycles. The Morgan fingerprint density at radius 3 is 2.82 bits per heavy atom. The summed E-state index contributed by atoms with van der Waals surface area (Å²) in [4.78, 5) is 11.5. The van der Waals surface area contributed by atoms with E-state index in [9.17, 15) is 13.6 Å². The van der Waals surface area contributed by atoms with Crippen LogP contribution >= 0.6 is 0 Å². The van der Waals surface area contributed by atoms with E-state index in [2.05, 4.69) is 5.10 Å². The molecule has 1 aromatic heterocycles. The fourth-order valence-corrected chi connectivity index (χ4v) is 1.88. The second-order valence-electron chi connectivity index (χ2n) is 3.99. The molecular formula is C11H14F2N2O2. The van der Waals surface area contributed by atoms with Crippen molar-refractivity contribution in [3.8, 4) is 0 Å². The van der Waals surface area contributed by atoms with Crippen molar-refractivity contribution in [1.82, 2.24) is 9.78 Å². The van der Waals surface area contributed by atoms with E-state index in [1.807, 2.05) is 0 Å². The van der Waals surface area contributed by atoms with E-state index in [-0.39, 0.29) is 23.9 Å². The molecule has 1 fully saturated rings. The zero-order valence-electron chi connectivity index (χ0n) is 9.53. The highest BCUT2D eigenvalue weighted by Gasteiger charge is 2.31. The van der Waals surface area contributed by atoms with Gasteiger partial charge in [-0.3, -0.25) is 4.68 Å². The lowest BCUT2D eigenvalue weighted by Gasteiger charge is -2.27. The largest absolute Gasteiger partial charge is 0.462 e. The third-order valence-corrected chi connectivity index (χ3v) is 2.96. The molecule has 0 aromatic carbocycles. The Bertz CT molecular complexity index is 414. The summed E-state index contributed by atoms with van der Waals surface area (Å²) in [6.45, 7) is 1.80. The highest BCUT2D eigenvalue weighted by molar-refractivity contribution is 5.90. The van der Waals surface area contributed by atoms with Crippen molar-refractivity contribution >= 4 is 5.97 Å². The molecule has 17 heavy (non-hydrogen) atoms. The van der Waals surface area contributed by atoms with Crippen LogP contribution in [0.25, 0.3) is 0 Å². The fraction of sp³-hybridized carbons (Fsp3) is 0.636. The van der Waals surface area contributed by atoms with Gasteiger partial charge >= 0.3 is 5.97 Å². The van der Waals surface area contributed by atoms with Gasteiger partial charge in [-0.2, -0.15) is 5.10 Å². The second kappa shape index (κ2) is 4.81. The van der Waals surface area contributed by atoms with E-state index in [4.69, 9.17) is 4.74 Å². The van der Waals surface area contributed by atoms with Crippen LogP contribution in [0.15, 0.2) is 6.20 Å². The SMILES string of the molecule is CCOC(=O)c1cnn(C2CCC2)c1C(F)F. The Morgan fingerprint density at radius 1 is 1.65 bits per heavy atom. The summed E-state index contributed by atoms with van der Waals surface area (Å²) in [7, 11) is 0. The van der Waals surface area contributed by atoms with Crippen LogP contribution in [0.3, 0.4) is 0 Å². The Hall–Kier alpha value is -1.46. The summed E-state index contributed by atoms with van der Waals surface area (Å²) in [5.74, 6) is -0.728. The lowest BCUT2D eigenvalue weighted by molar-refractivity contribution is 0.0512. The molecule has 0 bridgehead atoms. The average Bonchev–Trinajstić information content (AvgIpc) is 2.59. The summed E-state index contributed by atoms with van der Waals surface area (Å²) in [6, 6.07) is 0.00202. The number of aromatic nitrogens is 2. The molecule has 4 nitrogen and oxygen atoms in total. The van der Waals surface area contributed by atoms with Crippen LogP contribution in [0.2, 0.25) is 0 Å². The Balaban J connectivity index is 2.32. The number of alkyl halides is 2. The van der Waals surface area contributed by atoms with E-state index in [1.165, 1.54) is 10.9 Å². The molecule has 1 saturated carbocycles. The first-order valence-electron chi connectivity index (χ1n) is 5.67. The maximum Gasteiger partial charge on any atom is 0.341 e. The predicted molar refractivity (Wildman–Crippen MR) is 56.0 cm³/mol. The standard InChI is InChI=1S/C11H14F2N2O2/c1-2-17-11(16)8-6-14-15(7-4-3-5-7)9(8)10(12)13/h6-7,10H,2-5H2,1H3. The summed E-state index contributed by atoms with van der Waals surface area (Å²) in [5.41, 5.74) is -0.429. The van der Waals surface area contributed by atoms with Crippen molar-refractivity contribution in [3.05, 3.63) is 17.5 Å². The lowest BCUT2D eigenvalue weighted by atomic mass is 9.93. The zero-order valence-corrected chi connectivity index (χ0v) is 9.53. The summed E-state index contributed by atoms with van der Waals surface area (Å²) < 4.78 is 32.0. The van der Waals surface area contributed by atoms with Crippen LogP contribution in [0.1, 0.15) is 54.7 Å². The van der Waals surface area contributed by atoms with Gasteiger partial charge in [-0.05, 0) is 26.2 Å². The number of hydrogen-bond donors (Lipinski definition) is 0. The molecule has 94 valence electrons. The number of nitrogens with zero attached hydrogens (tertiary/aromatic N) is 2. The summed E-state index contributed by atoms with van der Waals surface area (Å²) >= 11 is 0. The van der Waals surface area contributed by atoms with Crippen molar-refractivity contribution in [3.63, 3.8) is 0 Å². The topological polar surface area (TPSA) is 44.1 Å². The minimum Gasteiger partial charge on any atom is -0.462 e. The van der Waals surface area contributed by atoms with Crippen LogP contribution < -0.4 is 0 Å². The number of rotatable bonds is 4. The number of hydrogen-bond acceptors (Lipinski definition) is 3. The van der Waals surface area contributed by atoms with Crippen molar-refractivity contribution < 1.29 is 18.3 Å². The lowest BCUT2D eigenvalue weighted by Crippen LogP contribution is -2.21. The Kier molecular flexibility index (Phi) is 3.40. The minimum atomic E-state index is -2.71. The van der Waals surface area contributed by atoms with E-state index in [1.54, 1.807) is 6.92 Å². The van der Waals surface area contributed by atoms with Gasteiger partial charge in [0.2, 0.25) is 0 Å². The van der Waals surface area contributed by atoms with Crippen molar-refractivity contribution in [2.45, 2.75) is 38.7 Å². The van der Waals surface area contributed by atoms with Gasteiger partial charge in [0.05, 0.1) is 18.8 Å². The van der Waals surface area contributed by atoms with Gasteiger partial charge in [-0.25, -0.2) is 13.6 Å². The molecule has 0 saturated heterocycles. The normalized spacial score (nSPS) is 16.0. The van der Waals surface area contributed by atoms with Crippen LogP contribution in [0, 0.1) is 0 Å². The van der Waals surface area contributed by atoms with Gasteiger partial charge in [0.1, 0.15) is 11.3 Å². The number of carbonyl (C=O) groups excluding carboxylic acids is 1. The first-order valence-corrected chi connectivity index (χ1v) is 5.67. The number of carbonyl (C=O) groups is 1. The Morgan fingerprint density at radius 2 is 2.35 bits per heavy atom. The molecular weight excluding hydrogens is 230 g/mol. The molecule has 0 aliphatic heterocycles. The third-order valence-electron chi connectivity index (χ3n) is 2.96. The Labute approximate surface area is 97.6 Å². The minimum absolute atomic E-state index is 0.00202. The summed E-state index contributed by atoms with van der Waals surface area (Å²) in [5, 5.41) is 3.90. The number of halogens is 2. The van der Waals surface area contributed by atoms with Crippen molar-refractivity contribution in [1.29, 1.82) is 0 Å². The molecule has 0 N–H and O–H groups in total. The first-order chi connectivity index (χ1) is 8.15. The van der Waals surface area contributed by atoms with Gasteiger partial charge < -0.3 is 4.74 Å². The van der Waals surface area contributed by atoms with E-state index in [0.717, 1.165) is 19.3 Å². The first kappa shape index (κ1) is 12.0. The molecule has 2 rings (SSSR count). The fourth-order valence-electron chi connectivity index (χ4n) is 1.88. The zero-order chi connectivity index (χ0) is 12.4. The smallest absolute Gasteiger partial charge is 0.341 e. The number of ether oxygens (including phenoxy) is 1. The highest BCUT2D eigenvalue weighted by atomic mass is 19.3. The van der Waals surface area contributed by atoms with Gasteiger partial charge in [-0.1, -0.05) is 0 Å². The van der Waals surface area contributed by atoms with E-state index in [0.29, 0.717) is 0 Å².